The summed E-state index contributed by atoms with van der Waals surface area (Å²) in [5.41, 5.74) is 1.08. The lowest BCUT2D eigenvalue weighted by molar-refractivity contribution is -0.0316. The Morgan fingerprint density at radius 1 is 1.15 bits per heavy atom. The van der Waals surface area contributed by atoms with Crippen molar-refractivity contribution in [3.05, 3.63) is 23.8 Å². The first-order valence-electron chi connectivity index (χ1n) is 12.4. The molecule has 1 aliphatic heterocycles. The number of carbonyl (C=O) groups is 1. The van der Waals surface area contributed by atoms with Crippen LogP contribution in [0.1, 0.15) is 50.5 Å². The molecule has 2 fully saturated rings. The number of hydrogen-bond acceptors (Lipinski definition) is 7. The number of nitrogens with one attached hydrogen (secondary N) is 2. The molecule has 1 aromatic carbocycles. The summed E-state index contributed by atoms with van der Waals surface area (Å²) in [4.78, 5) is 14.5. The summed E-state index contributed by atoms with van der Waals surface area (Å²) in [7, 11) is 3.49. The average Bonchev–Trinajstić information content (AvgIpc) is 3.26. The number of amides is 1. The standard InChI is InChI=1S/C25H41N3O5/c1-26-13-5-6-14-27-25(30)33-23-10-9-19(17-24(23)31-2)12-16-32-22-8-4-3-7-21(22)28-15-11-20(29)18-28/h9-10,17,20-22,26,29H,3-8,11-16,18H2,1-2H3,(H,27,30)/t20-,21?,22+/m1/s1. The van der Waals surface area contributed by atoms with Crippen LogP contribution in [0, 0.1) is 0 Å². The zero-order valence-corrected chi connectivity index (χ0v) is 20.2. The molecule has 0 bridgehead atoms. The second-order valence-corrected chi connectivity index (χ2v) is 9.06. The van der Waals surface area contributed by atoms with Crippen molar-refractivity contribution in [1.29, 1.82) is 0 Å². The maximum Gasteiger partial charge on any atom is 0.412 e. The van der Waals surface area contributed by atoms with E-state index in [9.17, 15) is 9.90 Å². The van der Waals surface area contributed by atoms with E-state index in [0.717, 1.165) is 63.7 Å². The van der Waals surface area contributed by atoms with E-state index in [4.69, 9.17) is 14.2 Å². The third-order valence-corrected chi connectivity index (χ3v) is 6.61. The van der Waals surface area contributed by atoms with Crippen LogP contribution in [0.2, 0.25) is 0 Å². The Morgan fingerprint density at radius 2 is 1.97 bits per heavy atom. The summed E-state index contributed by atoms with van der Waals surface area (Å²) in [5, 5.41) is 15.8. The molecule has 2 aliphatic rings. The average molecular weight is 464 g/mol. The molecule has 1 saturated heterocycles. The van der Waals surface area contributed by atoms with Crippen LogP contribution in [0.4, 0.5) is 4.79 Å². The van der Waals surface area contributed by atoms with Gasteiger partial charge in [-0.3, -0.25) is 4.90 Å². The molecule has 1 aliphatic carbocycles. The first-order valence-corrected chi connectivity index (χ1v) is 12.4. The number of rotatable bonds is 12. The maximum absolute atomic E-state index is 12.1. The molecule has 1 aromatic rings. The molecule has 1 saturated carbocycles. The highest BCUT2D eigenvalue weighted by Gasteiger charge is 2.34. The fraction of sp³-hybridized carbons (Fsp3) is 0.720. The summed E-state index contributed by atoms with van der Waals surface area (Å²) < 4.78 is 17.2. The lowest BCUT2D eigenvalue weighted by Gasteiger charge is -2.37. The van der Waals surface area contributed by atoms with Gasteiger partial charge in [0, 0.05) is 25.7 Å². The van der Waals surface area contributed by atoms with Gasteiger partial charge in [-0.15, -0.1) is 0 Å². The van der Waals surface area contributed by atoms with Crippen molar-refractivity contribution in [3.8, 4) is 11.5 Å². The van der Waals surface area contributed by atoms with Gasteiger partial charge in [0.15, 0.2) is 11.5 Å². The molecule has 0 aromatic heterocycles. The molecule has 1 unspecified atom stereocenters. The van der Waals surface area contributed by atoms with Crippen LogP contribution >= 0.6 is 0 Å². The van der Waals surface area contributed by atoms with Gasteiger partial charge in [-0.25, -0.2) is 4.79 Å². The largest absolute Gasteiger partial charge is 0.493 e. The van der Waals surface area contributed by atoms with E-state index >= 15 is 0 Å². The van der Waals surface area contributed by atoms with E-state index in [0.29, 0.717) is 30.7 Å². The number of nitrogens with zero attached hydrogens (tertiary/aromatic N) is 1. The van der Waals surface area contributed by atoms with Gasteiger partial charge in [0.05, 0.1) is 25.9 Å². The van der Waals surface area contributed by atoms with E-state index in [1.807, 2.05) is 19.2 Å². The highest BCUT2D eigenvalue weighted by molar-refractivity contribution is 5.71. The Morgan fingerprint density at radius 3 is 2.73 bits per heavy atom. The maximum atomic E-state index is 12.1. The van der Waals surface area contributed by atoms with Crippen molar-refractivity contribution in [1.82, 2.24) is 15.5 Å². The molecular formula is C25H41N3O5. The van der Waals surface area contributed by atoms with E-state index in [1.54, 1.807) is 13.2 Å². The Balaban J connectivity index is 1.45. The van der Waals surface area contributed by atoms with E-state index in [1.165, 1.54) is 12.8 Å². The number of ether oxygens (including phenoxy) is 3. The van der Waals surface area contributed by atoms with Gasteiger partial charge >= 0.3 is 6.09 Å². The van der Waals surface area contributed by atoms with Crippen molar-refractivity contribution in [2.45, 2.75) is 69.6 Å². The Labute approximate surface area is 198 Å². The van der Waals surface area contributed by atoms with Crippen LogP contribution in [0.25, 0.3) is 0 Å². The molecule has 0 radical (unpaired) electrons. The van der Waals surface area contributed by atoms with Crippen molar-refractivity contribution in [2.75, 3.05) is 46.9 Å². The number of unbranched alkanes of at least 4 members (excludes halogenated alkanes) is 1. The summed E-state index contributed by atoms with van der Waals surface area (Å²) in [6.07, 6.45) is 7.76. The molecule has 1 heterocycles. The lowest BCUT2D eigenvalue weighted by Crippen LogP contribution is -2.46. The SMILES string of the molecule is CNCCCCNC(=O)Oc1ccc(CCO[C@H]2CCCCC2N2CC[C@@H](O)C2)cc1OC. The summed E-state index contributed by atoms with van der Waals surface area (Å²) in [5.74, 6) is 0.953. The van der Waals surface area contributed by atoms with Crippen LogP contribution < -0.4 is 20.1 Å². The number of carbonyl (C=O) groups excluding carboxylic acids is 1. The lowest BCUT2D eigenvalue weighted by atomic mass is 9.91. The number of aliphatic hydroxyl groups excluding tert-OH is 1. The molecular weight excluding hydrogens is 422 g/mol. The summed E-state index contributed by atoms with van der Waals surface area (Å²) in [6.45, 7) is 3.88. The van der Waals surface area contributed by atoms with Crippen molar-refractivity contribution in [2.24, 2.45) is 0 Å². The fourth-order valence-corrected chi connectivity index (χ4v) is 4.79. The van der Waals surface area contributed by atoms with Gasteiger partial charge < -0.3 is 30.0 Å². The Bertz CT molecular complexity index is 732. The van der Waals surface area contributed by atoms with Gasteiger partial charge in [-0.05, 0) is 69.8 Å². The minimum absolute atomic E-state index is 0.193. The monoisotopic (exact) mass is 463 g/mol. The molecule has 186 valence electrons. The van der Waals surface area contributed by atoms with E-state index < -0.39 is 6.09 Å². The molecule has 0 spiro atoms. The Hall–Kier alpha value is -1.87. The molecule has 3 N–H and O–H groups in total. The number of benzene rings is 1. The van der Waals surface area contributed by atoms with Crippen molar-refractivity contribution in [3.63, 3.8) is 0 Å². The summed E-state index contributed by atoms with van der Waals surface area (Å²) in [6, 6.07) is 6.06. The van der Waals surface area contributed by atoms with Gasteiger partial charge in [-0.2, -0.15) is 0 Å². The van der Waals surface area contributed by atoms with Crippen molar-refractivity contribution < 1.29 is 24.1 Å². The highest BCUT2D eigenvalue weighted by atomic mass is 16.6. The van der Waals surface area contributed by atoms with Crippen LogP contribution in [0.5, 0.6) is 11.5 Å². The first kappa shape index (κ1) is 25.7. The van der Waals surface area contributed by atoms with Crippen LogP contribution in [-0.4, -0.2) is 81.3 Å². The zero-order valence-electron chi connectivity index (χ0n) is 20.2. The van der Waals surface area contributed by atoms with E-state index in [2.05, 4.69) is 15.5 Å². The van der Waals surface area contributed by atoms with Gasteiger partial charge in [-0.1, -0.05) is 18.9 Å². The Kier molecular flexibility index (Phi) is 10.7. The minimum Gasteiger partial charge on any atom is -0.493 e. The summed E-state index contributed by atoms with van der Waals surface area (Å²) >= 11 is 0. The van der Waals surface area contributed by atoms with Crippen molar-refractivity contribution >= 4 is 6.09 Å². The molecule has 33 heavy (non-hydrogen) atoms. The third-order valence-electron chi connectivity index (χ3n) is 6.61. The number of aliphatic hydroxyl groups is 1. The second-order valence-electron chi connectivity index (χ2n) is 9.06. The van der Waals surface area contributed by atoms with Crippen LogP contribution in [0.3, 0.4) is 0 Å². The highest BCUT2D eigenvalue weighted by Crippen LogP contribution is 2.30. The quantitative estimate of drug-likeness (QED) is 0.411. The number of β-amino-alcohol motifs (C(OH)–C–C–N with tert-alkyl or cyclic N) is 1. The fourth-order valence-electron chi connectivity index (χ4n) is 4.79. The predicted molar refractivity (Wildman–Crippen MR) is 128 cm³/mol. The molecule has 3 rings (SSSR count). The van der Waals surface area contributed by atoms with Gasteiger partial charge in [0.1, 0.15) is 0 Å². The minimum atomic E-state index is -0.468. The van der Waals surface area contributed by atoms with Crippen LogP contribution in [-0.2, 0) is 11.2 Å². The molecule has 8 nitrogen and oxygen atoms in total. The number of likely N-dealkylation sites (tertiary alicyclic amines) is 1. The zero-order chi connectivity index (χ0) is 23.5. The first-order chi connectivity index (χ1) is 16.1. The predicted octanol–water partition coefficient (Wildman–Crippen LogP) is 2.72. The number of hydrogen-bond donors (Lipinski definition) is 3. The molecule has 8 heteroatoms. The smallest absolute Gasteiger partial charge is 0.412 e. The van der Waals surface area contributed by atoms with Gasteiger partial charge in [0.2, 0.25) is 0 Å². The van der Waals surface area contributed by atoms with Crippen LogP contribution in [0.15, 0.2) is 18.2 Å². The topological polar surface area (TPSA) is 92.3 Å². The van der Waals surface area contributed by atoms with E-state index in [-0.39, 0.29) is 12.2 Å². The van der Waals surface area contributed by atoms with Gasteiger partial charge in [0.25, 0.3) is 0 Å². The number of methoxy groups -OCH3 is 1. The second kappa shape index (κ2) is 13.7. The molecule has 1 amide bonds. The molecule has 3 atom stereocenters. The normalized spacial score (nSPS) is 23.4. The third kappa shape index (κ3) is 8.14.